The first kappa shape index (κ1) is 18.2. The third kappa shape index (κ3) is 3.63. The van der Waals surface area contributed by atoms with Crippen molar-refractivity contribution in [3.8, 4) is 5.75 Å². The Labute approximate surface area is 161 Å². The Morgan fingerprint density at radius 2 is 2.00 bits per heavy atom. The quantitative estimate of drug-likeness (QED) is 0.863. The van der Waals surface area contributed by atoms with Gasteiger partial charge in [0.05, 0.1) is 18.8 Å². The molecule has 8 heteroatoms. The molecule has 1 saturated heterocycles. The van der Waals surface area contributed by atoms with Crippen LogP contribution in [0.2, 0.25) is 0 Å². The highest BCUT2D eigenvalue weighted by atomic mass is 19.1. The van der Waals surface area contributed by atoms with Crippen molar-refractivity contribution in [2.45, 2.75) is 6.10 Å². The van der Waals surface area contributed by atoms with E-state index in [9.17, 15) is 14.0 Å². The Bertz CT molecular complexity index is 903. The lowest BCUT2D eigenvalue weighted by Crippen LogP contribution is -2.44. The van der Waals surface area contributed by atoms with E-state index in [1.165, 1.54) is 17.0 Å². The number of nitrogens with one attached hydrogen (secondary N) is 1. The molecular formula is C20H20FN3O4. The van der Waals surface area contributed by atoms with Gasteiger partial charge in [0.25, 0.3) is 5.91 Å². The van der Waals surface area contributed by atoms with Gasteiger partial charge in [0.15, 0.2) is 6.61 Å². The second kappa shape index (κ2) is 7.47. The summed E-state index contributed by atoms with van der Waals surface area (Å²) in [5, 5.41) is 2.86. The number of urea groups is 1. The summed E-state index contributed by atoms with van der Waals surface area (Å²) in [6.07, 6.45) is -0.299. The highest BCUT2D eigenvalue weighted by molar-refractivity contribution is 5.98. The zero-order valence-corrected chi connectivity index (χ0v) is 15.4. The molecule has 0 spiro atoms. The van der Waals surface area contributed by atoms with E-state index in [2.05, 4.69) is 5.32 Å². The van der Waals surface area contributed by atoms with E-state index in [1.54, 1.807) is 42.3 Å². The lowest BCUT2D eigenvalue weighted by molar-refractivity contribution is -0.120. The molecule has 28 heavy (non-hydrogen) atoms. The Morgan fingerprint density at radius 1 is 1.21 bits per heavy atom. The third-order valence-electron chi connectivity index (χ3n) is 4.89. The molecule has 0 aliphatic carbocycles. The molecule has 2 aliphatic rings. The van der Waals surface area contributed by atoms with Crippen LogP contribution in [0.25, 0.3) is 0 Å². The van der Waals surface area contributed by atoms with Gasteiger partial charge in [-0.2, -0.15) is 0 Å². The van der Waals surface area contributed by atoms with Crippen LogP contribution < -0.4 is 15.0 Å². The maximum atomic E-state index is 13.1. The van der Waals surface area contributed by atoms with E-state index in [4.69, 9.17) is 9.47 Å². The minimum absolute atomic E-state index is 0.0241. The summed E-state index contributed by atoms with van der Waals surface area (Å²) in [7, 11) is 1.69. The van der Waals surface area contributed by atoms with Gasteiger partial charge in [-0.15, -0.1) is 0 Å². The number of carbonyl (C=O) groups excluding carboxylic acids is 2. The van der Waals surface area contributed by atoms with Gasteiger partial charge in [-0.25, -0.2) is 9.18 Å². The smallest absolute Gasteiger partial charge is 0.322 e. The molecule has 2 aliphatic heterocycles. The zero-order chi connectivity index (χ0) is 19.7. The van der Waals surface area contributed by atoms with Gasteiger partial charge >= 0.3 is 6.03 Å². The third-order valence-corrected chi connectivity index (χ3v) is 4.89. The molecule has 2 aromatic rings. The topological polar surface area (TPSA) is 71.1 Å². The number of hydrogen-bond donors (Lipinski definition) is 1. The maximum absolute atomic E-state index is 13.1. The minimum Gasteiger partial charge on any atom is -0.481 e. The van der Waals surface area contributed by atoms with Crippen LogP contribution in [-0.2, 0) is 9.53 Å². The first-order valence-electron chi connectivity index (χ1n) is 8.97. The van der Waals surface area contributed by atoms with Crippen molar-refractivity contribution < 1.29 is 23.5 Å². The number of likely N-dealkylation sites (N-methyl/N-ethyl adjacent to an activating group) is 1. The number of benzene rings is 2. The first-order valence-corrected chi connectivity index (χ1v) is 8.97. The number of carbonyl (C=O) groups is 2. The molecule has 2 heterocycles. The lowest BCUT2D eigenvalue weighted by Gasteiger charge is -2.33. The molecule has 0 radical (unpaired) electrons. The maximum Gasteiger partial charge on any atom is 0.322 e. The average Bonchev–Trinajstić information content (AvgIpc) is 2.71. The van der Waals surface area contributed by atoms with Crippen LogP contribution in [0.3, 0.4) is 0 Å². The molecule has 0 saturated carbocycles. The number of ether oxygens (including phenoxy) is 2. The van der Waals surface area contributed by atoms with Gasteiger partial charge in [-0.3, -0.25) is 4.79 Å². The van der Waals surface area contributed by atoms with Gasteiger partial charge in [0.2, 0.25) is 0 Å². The van der Waals surface area contributed by atoms with Crippen LogP contribution in [0.15, 0.2) is 42.5 Å². The molecule has 4 rings (SSSR count). The largest absolute Gasteiger partial charge is 0.481 e. The summed E-state index contributed by atoms with van der Waals surface area (Å²) in [5.74, 6) is 0.117. The van der Waals surface area contributed by atoms with Crippen molar-refractivity contribution >= 4 is 23.3 Å². The minimum atomic E-state index is -0.309. The normalized spacial score (nSPS) is 19.1. The fourth-order valence-electron chi connectivity index (χ4n) is 3.27. The molecule has 1 N–H and O–H groups in total. The summed E-state index contributed by atoms with van der Waals surface area (Å²) in [6, 6.07) is 11.0. The van der Waals surface area contributed by atoms with Crippen molar-refractivity contribution in [3.63, 3.8) is 0 Å². The number of halogens is 1. The van der Waals surface area contributed by atoms with E-state index in [1.807, 2.05) is 0 Å². The molecular weight excluding hydrogens is 365 g/mol. The SMILES string of the molecule is CN1C(=O)COc2cc(NC(=O)N3CCOC(c4ccc(F)cc4)C3)ccc21. The van der Waals surface area contributed by atoms with Crippen LogP contribution in [0, 0.1) is 5.82 Å². The van der Waals surface area contributed by atoms with Crippen molar-refractivity contribution in [1.29, 1.82) is 0 Å². The molecule has 146 valence electrons. The van der Waals surface area contributed by atoms with Crippen LogP contribution in [-0.4, -0.2) is 50.2 Å². The standard InChI is InChI=1S/C20H20FN3O4/c1-23-16-7-6-15(10-17(16)28-12-19(23)25)22-20(26)24-8-9-27-18(11-24)13-2-4-14(21)5-3-13/h2-7,10,18H,8-9,11-12H2,1H3,(H,22,26). The molecule has 0 bridgehead atoms. The summed E-state index contributed by atoms with van der Waals surface area (Å²) in [5.41, 5.74) is 2.07. The fourth-order valence-corrected chi connectivity index (χ4v) is 3.27. The second-order valence-corrected chi connectivity index (χ2v) is 6.71. The van der Waals surface area contributed by atoms with Crippen LogP contribution in [0.1, 0.15) is 11.7 Å². The van der Waals surface area contributed by atoms with Gasteiger partial charge in [-0.05, 0) is 29.8 Å². The van der Waals surface area contributed by atoms with E-state index in [-0.39, 0.29) is 30.5 Å². The Morgan fingerprint density at radius 3 is 2.79 bits per heavy atom. The van der Waals surface area contributed by atoms with E-state index in [0.29, 0.717) is 36.8 Å². The molecule has 1 fully saturated rings. The number of hydrogen-bond acceptors (Lipinski definition) is 4. The number of rotatable bonds is 2. The van der Waals surface area contributed by atoms with Crippen LogP contribution >= 0.6 is 0 Å². The molecule has 2 aromatic carbocycles. The Balaban J connectivity index is 1.43. The van der Waals surface area contributed by atoms with Gasteiger partial charge in [0.1, 0.15) is 17.7 Å². The molecule has 1 atom stereocenters. The highest BCUT2D eigenvalue weighted by Crippen LogP contribution is 2.33. The number of morpholine rings is 1. The van der Waals surface area contributed by atoms with E-state index in [0.717, 1.165) is 5.56 Å². The first-order chi connectivity index (χ1) is 13.5. The molecule has 7 nitrogen and oxygen atoms in total. The van der Waals surface area contributed by atoms with Crippen molar-refractivity contribution in [1.82, 2.24) is 4.90 Å². The summed E-state index contributed by atoms with van der Waals surface area (Å²) in [4.78, 5) is 27.5. The van der Waals surface area contributed by atoms with Crippen molar-refractivity contribution in [3.05, 3.63) is 53.8 Å². The van der Waals surface area contributed by atoms with Crippen LogP contribution in [0.5, 0.6) is 5.75 Å². The lowest BCUT2D eigenvalue weighted by atomic mass is 10.1. The zero-order valence-electron chi connectivity index (χ0n) is 15.4. The summed E-state index contributed by atoms with van der Waals surface area (Å²) >= 11 is 0. The number of anilines is 2. The molecule has 3 amide bonds. The highest BCUT2D eigenvalue weighted by Gasteiger charge is 2.26. The Hall–Kier alpha value is -3.13. The monoisotopic (exact) mass is 385 g/mol. The molecule has 0 aromatic heterocycles. The van der Waals surface area contributed by atoms with Gasteiger partial charge in [0, 0.05) is 25.3 Å². The van der Waals surface area contributed by atoms with Gasteiger partial charge in [-0.1, -0.05) is 12.1 Å². The number of fused-ring (bicyclic) bond motifs is 1. The Kier molecular flexibility index (Phi) is 4.87. The van der Waals surface area contributed by atoms with Crippen LogP contribution in [0.4, 0.5) is 20.6 Å². The average molecular weight is 385 g/mol. The summed E-state index contributed by atoms with van der Waals surface area (Å²) in [6.45, 7) is 1.21. The number of nitrogens with zero attached hydrogens (tertiary/aromatic N) is 2. The van der Waals surface area contributed by atoms with E-state index < -0.39 is 0 Å². The van der Waals surface area contributed by atoms with Crippen molar-refractivity contribution in [2.24, 2.45) is 0 Å². The van der Waals surface area contributed by atoms with Gasteiger partial charge < -0.3 is 24.6 Å². The second-order valence-electron chi connectivity index (χ2n) is 6.71. The molecule has 1 unspecified atom stereocenters. The fraction of sp³-hybridized carbons (Fsp3) is 0.300. The number of amides is 3. The van der Waals surface area contributed by atoms with E-state index >= 15 is 0 Å². The predicted molar refractivity (Wildman–Crippen MR) is 101 cm³/mol. The summed E-state index contributed by atoms with van der Waals surface area (Å²) < 4.78 is 24.3. The predicted octanol–water partition coefficient (Wildman–Crippen LogP) is 2.79. The van der Waals surface area contributed by atoms with Crippen molar-refractivity contribution in [2.75, 3.05) is 43.6 Å².